The van der Waals surface area contributed by atoms with Gasteiger partial charge in [0.1, 0.15) is 0 Å². The molecule has 0 aliphatic carbocycles. The fraction of sp³-hybridized carbons (Fsp3) is 0.385. The fourth-order valence-electron chi connectivity index (χ4n) is 1.47. The smallest absolute Gasteiger partial charge is 0.242 e. The molecule has 1 rings (SSSR count). The van der Waals surface area contributed by atoms with Gasteiger partial charge in [0.05, 0.1) is 11.4 Å². The van der Waals surface area contributed by atoms with Gasteiger partial charge in [0.2, 0.25) is 10.0 Å². The molecule has 0 amide bonds. The summed E-state index contributed by atoms with van der Waals surface area (Å²) in [4.78, 5) is 0.292. The van der Waals surface area contributed by atoms with E-state index in [9.17, 15) is 8.42 Å². The van der Waals surface area contributed by atoms with Crippen LogP contribution >= 0.6 is 0 Å². The molecule has 0 aromatic heterocycles. The SMILES string of the molecule is C#CCNC(C)c1ccc(S(=O)(=O)N(C)C)cc1. The van der Waals surface area contributed by atoms with Gasteiger partial charge in [-0.2, -0.15) is 0 Å². The van der Waals surface area contributed by atoms with Crippen LogP contribution in [-0.2, 0) is 10.0 Å². The molecular weight excluding hydrogens is 248 g/mol. The predicted octanol–water partition coefficient (Wildman–Crippen LogP) is 1.22. The summed E-state index contributed by atoms with van der Waals surface area (Å²) in [6.45, 7) is 2.46. The molecular formula is C13H18N2O2S. The summed E-state index contributed by atoms with van der Waals surface area (Å²) >= 11 is 0. The molecule has 0 saturated carbocycles. The topological polar surface area (TPSA) is 49.4 Å². The van der Waals surface area contributed by atoms with Crippen molar-refractivity contribution in [3.8, 4) is 12.3 Å². The van der Waals surface area contributed by atoms with Crippen LogP contribution in [0.15, 0.2) is 29.2 Å². The summed E-state index contributed by atoms with van der Waals surface area (Å²) in [7, 11) is -0.327. The zero-order valence-corrected chi connectivity index (χ0v) is 11.7. The molecule has 1 aromatic rings. The maximum absolute atomic E-state index is 11.9. The highest BCUT2D eigenvalue weighted by atomic mass is 32.2. The first-order valence-corrected chi connectivity index (χ1v) is 7.03. The molecule has 18 heavy (non-hydrogen) atoms. The molecule has 0 aliphatic heterocycles. The van der Waals surface area contributed by atoms with Gasteiger partial charge >= 0.3 is 0 Å². The monoisotopic (exact) mass is 266 g/mol. The lowest BCUT2D eigenvalue weighted by atomic mass is 10.1. The molecule has 1 atom stereocenters. The first-order chi connectivity index (χ1) is 8.39. The van der Waals surface area contributed by atoms with Crippen molar-refractivity contribution in [2.75, 3.05) is 20.6 Å². The number of hydrogen-bond acceptors (Lipinski definition) is 3. The first kappa shape index (κ1) is 14.7. The number of sulfonamides is 1. The van der Waals surface area contributed by atoms with Crippen LogP contribution < -0.4 is 5.32 Å². The Morgan fingerprint density at radius 2 is 1.89 bits per heavy atom. The predicted molar refractivity (Wildman–Crippen MR) is 72.6 cm³/mol. The molecule has 0 fully saturated rings. The summed E-state index contributed by atoms with van der Waals surface area (Å²) < 4.78 is 24.9. The summed E-state index contributed by atoms with van der Waals surface area (Å²) in [5.74, 6) is 2.51. The highest BCUT2D eigenvalue weighted by Gasteiger charge is 2.17. The maximum atomic E-state index is 11.9. The minimum absolute atomic E-state index is 0.0946. The van der Waals surface area contributed by atoms with Gasteiger partial charge in [0.25, 0.3) is 0 Å². The van der Waals surface area contributed by atoms with Crippen LogP contribution in [0.3, 0.4) is 0 Å². The van der Waals surface area contributed by atoms with Gasteiger partial charge in [-0.05, 0) is 24.6 Å². The normalized spacial score (nSPS) is 13.3. The number of benzene rings is 1. The van der Waals surface area contributed by atoms with Crippen molar-refractivity contribution in [2.24, 2.45) is 0 Å². The summed E-state index contributed by atoms with van der Waals surface area (Å²) in [5, 5.41) is 3.13. The molecule has 5 heteroatoms. The van der Waals surface area contributed by atoms with Crippen LogP contribution in [0.25, 0.3) is 0 Å². The highest BCUT2D eigenvalue weighted by molar-refractivity contribution is 7.89. The molecule has 4 nitrogen and oxygen atoms in total. The Bertz CT molecular complexity index is 527. The Labute approximate surface area is 109 Å². The van der Waals surface area contributed by atoms with E-state index in [2.05, 4.69) is 11.2 Å². The summed E-state index contributed by atoms with van der Waals surface area (Å²) in [5.41, 5.74) is 1.00. The lowest BCUT2D eigenvalue weighted by Crippen LogP contribution is -2.22. The molecule has 0 aliphatic rings. The number of nitrogens with one attached hydrogen (secondary N) is 1. The zero-order chi connectivity index (χ0) is 13.8. The van der Waals surface area contributed by atoms with Crippen LogP contribution in [0, 0.1) is 12.3 Å². The molecule has 0 radical (unpaired) electrons. The van der Waals surface area contributed by atoms with Crippen LogP contribution in [-0.4, -0.2) is 33.4 Å². The Balaban J connectivity index is 2.91. The quantitative estimate of drug-likeness (QED) is 0.815. The standard InChI is InChI=1S/C13H18N2O2S/c1-5-10-14-11(2)12-6-8-13(9-7-12)18(16,17)15(3)4/h1,6-9,11,14H,10H2,2-4H3. The second-order valence-electron chi connectivity index (χ2n) is 4.16. The second kappa shape index (κ2) is 6.01. The van der Waals surface area contributed by atoms with E-state index in [1.165, 1.54) is 18.4 Å². The van der Waals surface area contributed by atoms with E-state index in [0.29, 0.717) is 11.4 Å². The number of nitrogens with zero attached hydrogens (tertiary/aromatic N) is 1. The third kappa shape index (κ3) is 3.33. The van der Waals surface area contributed by atoms with E-state index in [1.54, 1.807) is 24.3 Å². The van der Waals surface area contributed by atoms with E-state index in [4.69, 9.17) is 6.42 Å². The van der Waals surface area contributed by atoms with Crippen molar-refractivity contribution >= 4 is 10.0 Å². The van der Waals surface area contributed by atoms with Crippen molar-refractivity contribution in [1.82, 2.24) is 9.62 Å². The number of terminal acetylenes is 1. The minimum atomic E-state index is -3.36. The van der Waals surface area contributed by atoms with Gasteiger partial charge in [-0.3, -0.25) is 5.32 Å². The molecule has 1 unspecified atom stereocenters. The molecule has 0 spiro atoms. The Morgan fingerprint density at radius 1 is 1.33 bits per heavy atom. The van der Waals surface area contributed by atoms with Crippen molar-refractivity contribution in [3.63, 3.8) is 0 Å². The summed E-state index contributed by atoms with van der Waals surface area (Å²) in [6.07, 6.45) is 5.17. The molecule has 0 heterocycles. The highest BCUT2D eigenvalue weighted by Crippen LogP contribution is 2.17. The number of rotatable bonds is 5. The second-order valence-corrected chi connectivity index (χ2v) is 6.32. The minimum Gasteiger partial charge on any atom is -0.300 e. The van der Waals surface area contributed by atoms with Crippen molar-refractivity contribution in [1.29, 1.82) is 0 Å². The Kier molecular flexibility index (Phi) is 4.91. The van der Waals surface area contributed by atoms with Crippen LogP contribution in [0.1, 0.15) is 18.5 Å². The van der Waals surface area contributed by atoms with Gasteiger partial charge in [-0.1, -0.05) is 18.1 Å². The molecule has 1 N–H and O–H groups in total. The van der Waals surface area contributed by atoms with Gasteiger partial charge in [-0.25, -0.2) is 12.7 Å². The zero-order valence-electron chi connectivity index (χ0n) is 10.8. The molecule has 0 saturated heterocycles. The number of hydrogen-bond donors (Lipinski definition) is 1. The average molecular weight is 266 g/mol. The molecule has 98 valence electrons. The van der Waals surface area contributed by atoms with E-state index >= 15 is 0 Å². The van der Waals surface area contributed by atoms with E-state index < -0.39 is 10.0 Å². The van der Waals surface area contributed by atoms with Gasteiger partial charge < -0.3 is 0 Å². The average Bonchev–Trinajstić information content (AvgIpc) is 2.35. The van der Waals surface area contributed by atoms with Crippen LogP contribution in [0.5, 0.6) is 0 Å². The molecule has 0 bridgehead atoms. The van der Waals surface area contributed by atoms with Crippen LogP contribution in [0.2, 0.25) is 0 Å². The van der Waals surface area contributed by atoms with Crippen molar-refractivity contribution < 1.29 is 8.42 Å². The fourth-order valence-corrected chi connectivity index (χ4v) is 2.37. The Hall–Kier alpha value is -1.35. The Morgan fingerprint density at radius 3 is 2.33 bits per heavy atom. The van der Waals surface area contributed by atoms with E-state index in [1.807, 2.05) is 6.92 Å². The lowest BCUT2D eigenvalue weighted by molar-refractivity contribution is 0.520. The van der Waals surface area contributed by atoms with Gasteiger partial charge in [0.15, 0.2) is 0 Å². The van der Waals surface area contributed by atoms with Gasteiger partial charge in [-0.15, -0.1) is 6.42 Å². The van der Waals surface area contributed by atoms with E-state index in [-0.39, 0.29) is 6.04 Å². The first-order valence-electron chi connectivity index (χ1n) is 5.59. The maximum Gasteiger partial charge on any atom is 0.242 e. The van der Waals surface area contributed by atoms with E-state index in [0.717, 1.165) is 5.56 Å². The summed E-state index contributed by atoms with van der Waals surface area (Å²) in [6, 6.07) is 6.91. The molecule has 1 aromatic carbocycles. The third-order valence-electron chi connectivity index (χ3n) is 2.67. The van der Waals surface area contributed by atoms with Crippen molar-refractivity contribution in [3.05, 3.63) is 29.8 Å². The third-order valence-corrected chi connectivity index (χ3v) is 4.50. The van der Waals surface area contributed by atoms with Crippen molar-refractivity contribution in [2.45, 2.75) is 17.9 Å². The largest absolute Gasteiger partial charge is 0.300 e. The van der Waals surface area contributed by atoms with Crippen LogP contribution in [0.4, 0.5) is 0 Å². The van der Waals surface area contributed by atoms with Gasteiger partial charge in [0, 0.05) is 20.1 Å². The lowest BCUT2D eigenvalue weighted by Gasteiger charge is -2.14.